The fraction of sp³-hybridized carbons (Fsp3) is 0.500. The van der Waals surface area contributed by atoms with Gasteiger partial charge in [-0.15, -0.1) is 0 Å². The van der Waals surface area contributed by atoms with E-state index in [0.717, 1.165) is 32.7 Å². The molecule has 2 fully saturated rings. The van der Waals surface area contributed by atoms with Crippen LogP contribution in [0.15, 0.2) is 30.3 Å². The molecule has 0 aromatic heterocycles. The van der Waals surface area contributed by atoms with E-state index in [-0.39, 0.29) is 18.7 Å². The topological polar surface area (TPSA) is 80.1 Å². The monoisotopic (exact) mass is 318 g/mol. The number of rotatable bonds is 5. The summed E-state index contributed by atoms with van der Waals surface area (Å²) in [5.74, 6) is -0.935. The average molecular weight is 318 g/mol. The third-order valence-electron chi connectivity index (χ3n) is 4.27. The Hall–Kier alpha value is -2.28. The van der Waals surface area contributed by atoms with Gasteiger partial charge >= 0.3 is 5.97 Å². The summed E-state index contributed by atoms with van der Waals surface area (Å²) >= 11 is 0. The van der Waals surface area contributed by atoms with Crippen molar-refractivity contribution in [2.24, 2.45) is 0 Å². The molecule has 1 unspecified atom stereocenters. The van der Waals surface area contributed by atoms with Crippen LogP contribution in [0.1, 0.15) is 0 Å². The van der Waals surface area contributed by atoms with Crippen LogP contribution in [0.3, 0.4) is 0 Å². The summed E-state index contributed by atoms with van der Waals surface area (Å²) in [6, 6.07) is 10.4. The molecule has 0 saturated carbocycles. The van der Waals surface area contributed by atoms with E-state index in [0.29, 0.717) is 6.54 Å². The van der Waals surface area contributed by atoms with Crippen molar-refractivity contribution in [3.8, 4) is 0 Å². The number of carboxylic acid groups (broad SMARTS) is 1. The van der Waals surface area contributed by atoms with Gasteiger partial charge in [-0.3, -0.25) is 15.1 Å². The Labute approximate surface area is 135 Å². The molecule has 23 heavy (non-hydrogen) atoms. The number of hydrogen-bond donors (Lipinski definition) is 2. The molecule has 3 rings (SSSR count). The molecule has 2 aliphatic rings. The van der Waals surface area contributed by atoms with Gasteiger partial charge in [0.1, 0.15) is 12.6 Å². The quantitative estimate of drug-likeness (QED) is 0.824. The lowest BCUT2D eigenvalue weighted by molar-refractivity contribution is -0.137. The highest BCUT2D eigenvalue weighted by molar-refractivity contribution is 5.79. The van der Waals surface area contributed by atoms with E-state index in [1.807, 2.05) is 6.07 Å². The zero-order chi connectivity index (χ0) is 16.2. The number of nitrogens with one attached hydrogen (secondary N) is 1. The summed E-state index contributed by atoms with van der Waals surface area (Å²) in [6.45, 7) is 4.87. The van der Waals surface area contributed by atoms with E-state index in [4.69, 9.17) is 15.3 Å². The van der Waals surface area contributed by atoms with Crippen molar-refractivity contribution in [3.63, 3.8) is 0 Å². The fourth-order valence-corrected chi connectivity index (χ4v) is 3.11. The van der Waals surface area contributed by atoms with Crippen LogP contribution in [0.4, 0.5) is 5.69 Å². The second-order valence-electron chi connectivity index (χ2n) is 5.94. The van der Waals surface area contributed by atoms with E-state index in [1.165, 1.54) is 10.6 Å². The molecule has 2 saturated heterocycles. The van der Waals surface area contributed by atoms with Crippen LogP contribution in [0, 0.1) is 5.41 Å². The number of ether oxygens (including phenoxy) is 1. The first-order valence-corrected chi connectivity index (χ1v) is 7.86. The first-order chi connectivity index (χ1) is 11.1. The van der Waals surface area contributed by atoms with E-state index in [1.54, 1.807) is 0 Å². The van der Waals surface area contributed by atoms with Crippen molar-refractivity contribution < 1.29 is 14.6 Å². The maximum Gasteiger partial charge on any atom is 0.323 e. The Morgan fingerprint density at radius 1 is 1.22 bits per heavy atom. The van der Waals surface area contributed by atoms with Crippen LogP contribution in [0.25, 0.3) is 0 Å². The Morgan fingerprint density at radius 2 is 1.91 bits per heavy atom. The van der Waals surface area contributed by atoms with Gasteiger partial charge in [-0.2, -0.15) is 0 Å². The molecule has 0 amide bonds. The van der Waals surface area contributed by atoms with E-state index >= 15 is 0 Å². The molecule has 1 aromatic rings. The van der Waals surface area contributed by atoms with Crippen LogP contribution in [0.5, 0.6) is 0 Å². The first-order valence-electron chi connectivity index (χ1n) is 7.86. The summed E-state index contributed by atoms with van der Waals surface area (Å²) in [5.41, 5.74) is 1.25. The third kappa shape index (κ3) is 3.92. The Bertz CT molecular complexity index is 558. The minimum atomic E-state index is -0.935. The Morgan fingerprint density at radius 3 is 2.57 bits per heavy atom. The SMILES string of the molecule is N=C1OC(CN2CCN(c3ccccc3)CC2)CN1CC(=O)O. The lowest BCUT2D eigenvalue weighted by Crippen LogP contribution is -2.49. The lowest BCUT2D eigenvalue weighted by atomic mass is 10.2. The second kappa shape index (κ2) is 6.87. The third-order valence-corrected chi connectivity index (χ3v) is 4.27. The summed E-state index contributed by atoms with van der Waals surface area (Å²) in [6.07, 6.45) is -0.120. The second-order valence-corrected chi connectivity index (χ2v) is 5.94. The van der Waals surface area contributed by atoms with Crippen molar-refractivity contribution in [2.45, 2.75) is 6.10 Å². The molecule has 1 atom stereocenters. The largest absolute Gasteiger partial charge is 0.480 e. The van der Waals surface area contributed by atoms with Gasteiger partial charge in [-0.1, -0.05) is 18.2 Å². The highest BCUT2D eigenvalue weighted by Gasteiger charge is 2.31. The molecule has 0 aliphatic carbocycles. The van der Waals surface area contributed by atoms with Crippen LogP contribution in [-0.4, -0.2) is 78.8 Å². The molecule has 7 heteroatoms. The zero-order valence-corrected chi connectivity index (χ0v) is 13.0. The fourth-order valence-electron chi connectivity index (χ4n) is 3.11. The minimum absolute atomic E-state index is 0.0275. The number of piperazine rings is 1. The molecule has 7 nitrogen and oxygen atoms in total. The van der Waals surface area contributed by atoms with Gasteiger partial charge in [0.05, 0.1) is 6.54 Å². The molecule has 2 aliphatic heterocycles. The van der Waals surface area contributed by atoms with Crippen LogP contribution >= 0.6 is 0 Å². The Kier molecular flexibility index (Phi) is 4.66. The van der Waals surface area contributed by atoms with E-state index < -0.39 is 5.97 Å². The van der Waals surface area contributed by atoms with Crippen molar-refractivity contribution in [2.75, 3.05) is 50.7 Å². The Balaban J connectivity index is 1.46. The number of nitrogens with zero attached hydrogens (tertiary/aromatic N) is 3. The number of amidine groups is 1. The van der Waals surface area contributed by atoms with Gasteiger partial charge in [-0.25, -0.2) is 0 Å². The maximum absolute atomic E-state index is 10.8. The molecule has 0 spiro atoms. The van der Waals surface area contributed by atoms with Crippen molar-refractivity contribution in [3.05, 3.63) is 30.3 Å². The molecule has 2 heterocycles. The van der Waals surface area contributed by atoms with Crippen molar-refractivity contribution in [1.82, 2.24) is 9.80 Å². The standard InChI is InChI=1S/C16H22N4O3/c17-16-20(12-15(21)22)11-14(23-16)10-18-6-8-19(9-7-18)13-4-2-1-3-5-13/h1-5,14,17H,6-12H2,(H,21,22). The zero-order valence-electron chi connectivity index (χ0n) is 13.0. The van der Waals surface area contributed by atoms with Gasteiger partial charge in [0.25, 0.3) is 6.02 Å². The number of carbonyl (C=O) groups is 1. The van der Waals surface area contributed by atoms with Crippen molar-refractivity contribution in [1.29, 1.82) is 5.41 Å². The average Bonchev–Trinajstić information content (AvgIpc) is 2.88. The minimum Gasteiger partial charge on any atom is -0.480 e. The number of benzene rings is 1. The number of para-hydroxylation sites is 1. The first kappa shape index (κ1) is 15.6. The van der Waals surface area contributed by atoms with Gasteiger partial charge in [0, 0.05) is 38.4 Å². The van der Waals surface area contributed by atoms with E-state index in [9.17, 15) is 4.79 Å². The van der Waals surface area contributed by atoms with Crippen LogP contribution in [0.2, 0.25) is 0 Å². The summed E-state index contributed by atoms with van der Waals surface area (Å²) in [7, 11) is 0. The molecular weight excluding hydrogens is 296 g/mol. The summed E-state index contributed by atoms with van der Waals surface area (Å²) in [4.78, 5) is 16.9. The molecule has 0 radical (unpaired) electrons. The number of anilines is 1. The van der Waals surface area contributed by atoms with E-state index in [2.05, 4.69) is 34.1 Å². The molecule has 2 N–H and O–H groups in total. The molecular formula is C16H22N4O3. The van der Waals surface area contributed by atoms with Crippen LogP contribution < -0.4 is 4.90 Å². The summed E-state index contributed by atoms with van der Waals surface area (Å²) < 4.78 is 5.48. The normalized spacial score (nSPS) is 22.3. The van der Waals surface area contributed by atoms with Gasteiger partial charge in [-0.05, 0) is 12.1 Å². The highest BCUT2D eigenvalue weighted by atomic mass is 16.5. The predicted octanol–water partition coefficient (Wildman–Crippen LogP) is 0.529. The molecule has 0 bridgehead atoms. The van der Waals surface area contributed by atoms with Gasteiger partial charge in [0.2, 0.25) is 0 Å². The smallest absolute Gasteiger partial charge is 0.323 e. The van der Waals surface area contributed by atoms with Gasteiger partial charge in [0.15, 0.2) is 0 Å². The number of hydrogen-bond acceptors (Lipinski definition) is 5. The van der Waals surface area contributed by atoms with Crippen LogP contribution in [-0.2, 0) is 9.53 Å². The van der Waals surface area contributed by atoms with Gasteiger partial charge < -0.3 is 19.6 Å². The molecule has 124 valence electrons. The summed E-state index contributed by atoms with van der Waals surface area (Å²) in [5, 5.41) is 16.5. The number of carboxylic acids is 1. The lowest BCUT2D eigenvalue weighted by Gasteiger charge is -2.36. The molecule has 1 aromatic carbocycles. The predicted molar refractivity (Wildman–Crippen MR) is 86.9 cm³/mol. The van der Waals surface area contributed by atoms with Crippen molar-refractivity contribution >= 4 is 17.7 Å². The highest BCUT2D eigenvalue weighted by Crippen LogP contribution is 2.17. The number of aliphatic carboxylic acids is 1. The maximum atomic E-state index is 10.8.